The van der Waals surface area contributed by atoms with Crippen LogP contribution in [0.5, 0.6) is 0 Å². The second kappa shape index (κ2) is 2.99. The summed E-state index contributed by atoms with van der Waals surface area (Å²) < 4.78 is 4.94. The summed E-state index contributed by atoms with van der Waals surface area (Å²) in [5.74, 6) is 0. The number of non-ortho nitro benzene ring substituents is 1. The smallest absolute Gasteiger partial charge is 0.287 e. The number of fused-ring (bicyclic) bond motifs is 1. The van der Waals surface area contributed by atoms with Gasteiger partial charge < -0.3 is 10.5 Å². The first-order valence-electron chi connectivity index (χ1n) is 3.91. The molecule has 72 valence electrons. The van der Waals surface area contributed by atoms with Crippen molar-refractivity contribution in [2.45, 2.75) is 6.61 Å². The van der Waals surface area contributed by atoms with E-state index in [4.69, 9.17) is 10.5 Å². The summed E-state index contributed by atoms with van der Waals surface area (Å²) in [6, 6.07) is 4.47. The molecule has 1 aromatic rings. The van der Waals surface area contributed by atoms with Crippen LogP contribution in [0.2, 0.25) is 0 Å². The van der Waals surface area contributed by atoms with Gasteiger partial charge in [-0.2, -0.15) is 4.99 Å². The van der Waals surface area contributed by atoms with E-state index in [1.54, 1.807) is 6.07 Å². The summed E-state index contributed by atoms with van der Waals surface area (Å²) in [7, 11) is 0. The molecule has 0 unspecified atom stereocenters. The normalized spacial score (nSPS) is 13.9. The Morgan fingerprint density at radius 2 is 2.36 bits per heavy atom. The molecule has 0 aromatic heterocycles. The monoisotopic (exact) mass is 193 g/mol. The summed E-state index contributed by atoms with van der Waals surface area (Å²) in [6.45, 7) is 0.229. The summed E-state index contributed by atoms with van der Waals surface area (Å²) in [5.41, 5.74) is 6.67. The zero-order chi connectivity index (χ0) is 10.1. The maximum atomic E-state index is 10.5. The van der Waals surface area contributed by atoms with Gasteiger partial charge >= 0.3 is 0 Å². The molecular formula is C8H7N3O3. The van der Waals surface area contributed by atoms with Crippen LogP contribution in [0.3, 0.4) is 0 Å². The van der Waals surface area contributed by atoms with E-state index in [1.807, 2.05) is 0 Å². The molecule has 1 heterocycles. The number of ether oxygens (including phenoxy) is 1. The Kier molecular flexibility index (Phi) is 1.81. The molecule has 0 saturated heterocycles. The highest BCUT2D eigenvalue weighted by atomic mass is 16.6. The molecule has 6 nitrogen and oxygen atoms in total. The number of hydrogen-bond donors (Lipinski definition) is 1. The fourth-order valence-corrected chi connectivity index (χ4v) is 1.21. The van der Waals surface area contributed by atoms with Crippen LogP contribution in [0.25, 0.3) is 0 Å². The summed E-state index contributed by atoms with van der Waals surface area (Å²) in [5, 5.41) is 10.5. The molecule has 0 bridgehead atoms. The molecule has 0 aliphatic carbocycles. The van der Waals surface area contributed by atoms with E-state index < -0.39 is 4.92 Å². The average Bonchev–Trinajstić information content (AvgIpc) is 2.16. The first kappa shape index (κ1) is 8.49. The maximum Gasteiger partial charge on any atom is 0.287 e. The number of nitro benzene ring substituents is 1. The van der Waals surface area contributed by atoms with Gasteiger partial charge in [0.05, 0.1) is 10.6 Å². The quantitative estimate of drug-likeness (QED) is 0.533. The number of nitrogens with two attached hydrogens (primary N) is 1. The Morgan fingerprint density at radius 3 is 3.07 bits per heavy atom. The number of amidine groups is 1. The SMILES string of the molecule is NC1=Nc2ccc([N+](=O)[O-])cc2CO1. The van der Waals surface area contributed by atoms with Gasteiger partial charge in [0.2, 0.25) is 0 Å². The molecule has 0 spiro atoms. The second-order valence-electron chi connectivity index (χ2n) is 2.81. The molecule has 0 saturated carbocycles. The van der Waals surface area contributed by atoms with Gasteiger partial charge in [-0.25, -0.2) is 0 Å². The van der Waals surface area contributed by atoms with Crippen molar-refractivity contribution < 1.29 is 9.66 Å². The number of nitro groups is 1. The lowest BCUT2D eigenvalue weighted by atomic mass is 10.1. The highest BCUT2D eigenvalue weighted by Gasteiger charge is 2.14. The fraction of sp³-hybridized carbons (Fsp3) is 0.125. The Labute approximate surface area is 79.2 Å². The third-order valence-electron chi connectivity index (χ3n) is 1.88. The standard InChI is InChI=1S/C8H7N3O3/c9-8-10-7-2-1-6(11(12)13)3-5(7)4-14-8/h1-3H,4H2,(H2,9,10). The van der Waals surface area contributed by atoms with Crippen molar-refractivity contribution >= 4 is 17.4 Å². The fourth-order valence-electron chi connectivity index (χ4n) is 1.21. The third kappa shape index (κ3) is 1.37. The van der Waals surface area contributed by atoms with Gasteiger partial charge in [0, 0.05) is 17.7 Å². The van der Waals surface area contributed by atoms with Gasteiger partial charge in [-0.15, -0.1) is 0 Å². The number of aliphatic imine (C=N–C) groups is 1. The van der Waals surface area contributed by atoms with Crippen LogP contribution in [-0.4, -0.2) is 10.9 Å². The molecule has 2 N–H and O–H groups in total. The predicted molar refractivity (Wildman–Crippen MR) is 49.2 cm³/mol. The van der Waals surface area contributed by atoms with Crippen LogP contribution in [0, 0.1) is 10.1 Å². The van der Waals surface area contributed by atoms with E-state index in [2.05, 4.69) is 4.99 Å². The molecule has 6 heteroatoms. The van der Waals surface area contributed by atoms with Crippen molar-refractivity contribution in [3.63, 3.8) is 0 Å². The number of rotatable bonds is 1. The average molecular weight is 193 g/mol. The van der Waals surface area contributed by atoms with Crippen LogP contribution in [0.1, 0.15) is 5.56 Å². The highest BCUT2D eigenvalue weighted by molar-refractivity contribution is 5.78. The van der Waals surface area contributed by atoms with Gasteiger partial charge in [-0.3, -0.25) is 10.1 Å². The van der Waals surface area contributed by atoms with E-state index in [9.17, 15) is 10.1 Å². The maximum absolute atomic E-state index is 10.5. The molecule has 1 aliphatic heterocycles. The van der Waals surface area contributed by atoms with Gasteiger partial charge in [-0.05, 0) is 6.07 Å². The lowest BCUT2D eigenvalue weighted by Gasteiger charge is -2.12. The second-order valence-corrected chi connectivity index (χ2v) is 2.81. The lowest BCUT2D eigenvalue weighted by Crippen LogP contribution is -2.18. The topological polar surface area (TPSA) is 90.8 Å². The summed E-state index contributed by atoms with van der Waals surface area (Å²) in [6.07, 6.45) is 0. The summed E-state index contributed by atoms with van der Waals surface area (Å²) >= 11 is 0. The largest absolute Gasteiger partial charge is 0.460 e. The van der Waals surface area contributed by atoms with Crippen molar-refractivity contribution in [1.29, 1.82) is 0 Å². The van der Waals surface area contributed by atoms with Crippen LogP contribution in [0.15, 0.2) is 23.2 Å². The zero-order valence-corrected chi connectivity index (χ0v) is 7.14. The van der Waals surface area contributed by atoms with Crippen LogP contribution in [0.4, 0.5) is 11.4 Å². The third-order valence-corrected chi connectivity index (χ3v) is 1.88. The number of nitrogens with zero attached hydrogens (tertiary/aromatic N) is 2. The molecular weight excluding hydrogens is 186 g/mol. The molecule has 2 rings (SSSR count). The Morgan fingerprint density at radius 1 is 1.57 bits per heavy atom. The number of hydrogen-bond acceptors (Lipinski definition) is 5. The van der Waals surface area contributed by atoms with Gasteiger partial charge in [0.25, 0.3) is 11.7 Å². The van der Waals surface area contributed by atoms with E-state index in [1.165, 1.54) is 12.1 Å². The first-order valence-corrected chi connectivity index (χ1v) is 3.91. The van der Waals surface area contributed by atoms with E-state index in [-0.39, 0.29) is 18.3 Å². The Hall–Kier alpha value is -2.11. The Balaban J connectivity index is 2.47. The van der Waals surface area contributed by atoms with Crippen molar-refractivity contribution in [3.05, 3.63) is 33.9 Å². The van der Waals surface area contributed by atoms with E-state index in [0.29, 0.717) is 11.3 Å². The van der Waals surface area contributed by atoms with Crippen molar-refractivity contribution in [3.8, 4) is 0 Å². The molecule has 1 aromatic carbocycles. The van der Waals surface area contributed by atoms with Crippen LogP contribution >= 0.6 is 0 Å². The van der Waals surface area contributed by atoms with Gasteiger partial charge in [0.15, 0.2) is 0 Å². The summed E-state index contributed by atoms with van der Waals surface area (Å²) in [4.78, 5) is 13.9. The minimum absolute atomic E-state index is 0.0306. The molecule has 0 fully saturated rings. The molecule has 0 radical (unpaired) electrons. The zero-order valence-electron chi connectivity index (χ0n) is 7.14. The van der Waals surface area contributed by atoms with Crippen molar-refractivity contribution in [2.75, 3.05) is 0 Å². The number of benzene rings is 1. The predicted octanol–water partition coefficient (Wildman–Crippen LogP) is 1.07. The highest BCUT2D eigenvalue weighted by Crippen LogP contribution is 2.27. The van der Waals surface area contributed by atoms with E-state index in [0.717, 1.165) is 0 Å². The Bertz CT molecular complexity index is 428. The molecule has 1 aliphatic rings. The van der Waals surface area contributed by atoms with Gasteiger partial charge in [-0.1, -0.05) is 0 Å². The van der Waals surface area contributed by atoms with Crippen molar-refractivity contribution in [2.24, 2.45) is 10.7 Å². The van der Waals surface area contributed by atoms with Crippen molar-refractivity contribution in [1.82, 2.24) is 0 Å². The molecule has 14 heavy (non-hydrogen) atoms. The molecule has 0 atom stereocenters. The minimum atomic E-state index is -0.456. The van der Waals surface area contributed by atoms with E-state index >= 15 is 0 Å². The first-order chi connectivity index (χ1) is 6.66. The minimum Gasteiger partial charge on any atom is -0.460 e. The molecule has 0 amide bonds. The lowest BCUT2D eigenvalue weighted by molar-refractivity contribution is -0.384. The van der Waals surface area contributed by atoms with Gasteiger partial charge in [0.1, 0.15) is 6.61 Å². The van der Waals surface area contributed by atoms with Crippen LogP contribution in [-0.2, 0) is 11.3 Å². The van der Waals surface area contributed by atoms with Crippen LogP contribution < -0.4 is 5.73 Å².